The molecule has 0 saturated heterocycles. The molecule has 1 aromatic rings. The SMILES string of the molecule is CC1CCC(NC2CCc3sc(Cl)cc32)CC1C. The van der Waals surface area contributed by atoms with Crippen LogP contribution in [0.1, 0.15) is 56.0 Å². The monoisotopic (exact) mass is 283 g/mol. The molecule has 3 rings (SSSR count). The molecule has 1 saturated carbocycles. The zero-order valence-corrected chi connectivity index (χ0v) is 12.8. The summed E-state index contributed by atoms with van der Waals surface area (Å²) in [5.41, 5.74) is 1.48. The van der Waals surface area contributed by atoms with Crippen LogP contribution in [0.2, 0.25) is 4.34 Å². The number of halogens is 1. The minimum absolute atomic E-state index is 0.564. The summed E-state index contributed by atoms with van der Waals surface area (Å²) in [6.45, 7) is 4.80. The quantitative estimate of drug-likeness (QED) is 0.822. The van der Waals surface area contributed by atoms with Gasteiger partial charge in [0.1, 0.15) is 0 Å². The summed E-state index contributed by atoms with van der Waals surface area (Å²) in [4.78, 5) is 1.51. The van der Waals surface area contributed by atoms with Crippen LogP contribution in [-0.2, 0) is 6.42 Å². The Labute approximate surface area is 119 Å². The highest BCUT2D eigenvalue weighted by molar-refractivity contribution is 7.16. The molecule has 1 N–H and O–H groups in total. The second-order valence-corrected chi connectivity index (χ2v) is 7.92. The van der Waals surface area contributed by atoms with Gasteiger partial charge in [-0.25, -0.2) is 0 Å². The summed E-state index contributed by atoms with van der Waals surface area (Å²) in [6.07, 6.45) is 6.53. The highest BCUT2D eigenvalue weighted by Crippen LogP contribution is 2.40. The van der Waals surface area contributed by atoms with Crippen LogP contribution in [0.3, 0.4) is 0 Å². The average molecular weight is 284 g/mol. The highest BCUT2D eigenvalue weighted by Gasteiger charge is 2.30. The van der Waals surface area contributed by atoms with Crippen molar-refractivity contribution in [2.75, 3.05) is 0 Å². The Morgan fingerprint density at radius 2 is 2.06 bits per heavy atom. The van der Waals surface area contributed by atoms with Crippen molar-refractivity contribution in [3.63, 3.8) is 0 Å². The molecule has 0 aromatic carbocycles. The van der Waals surface area contributed by atoms with Crippen LogP contribution in [0, 0.1) is 11.8 Å². The molecule has 100 valence electrons. The summed E-state index contributed by atoms with van der Waals surface area (Å²) >= 11 is 7.89. The van der Waals surface area contributed by atoms with Gasteiger partial charge in [-0.2, -0.15) is 0 Å². The summed E-state index contributed by atoms with van der Waals surface area (Å²) < 4.78 is 0.956. The molecule has 4 atom stereocenters. The maximum atomic E-state index is 6.12. The van der Waals surface area contributed by atoms with E-state index in [1.165, 1.54) is 42.5 Å². The van der Waals surface area contributed by atoms with E-state index in [0.29, 0.717) is 12.1 Å². The summed E-state index contributed by atoms with van der Waals surface area (Å²) in [6, 6.07) is 3.46. The Hall–Kier alpha value is -0.0500. The zero-order valence-electron chi connectivity index (χ0n) is 11.2. The van der Waals surface area contributed by atoms with Gasteiger partial charge in [0.05, 0.1) is 4.34 Å². The molecule has 3 heteroatoms. The molecular weight excluding hydrogens is 262 g/mol. The first-order valence-electron chi connectivity index (χ1n) is 7.17. The van der Waals surface area contributed by atoms with Gasteiger partial charge in [0.2, 0.25) is 0 Å². The molecule has 0 aliphatic heterocycles. The second kappa shape index (κ2) is 5.15. The molecular formula is C15H22ClNS. The normalized spacial score (nSPS) is 35.7. The third-order valence-electron chi connectivity index (χ3n) is 4.88. The molecule has 0 spiro atoms. The molecule has 4 unspecified atom stereocenters. The molecule has 2 aliphatic rings. The number of hydrogen-bond donors (Lipinski definition) is 1. The van der Waals surface area contributed by atoms with Gasteiger partial charge in [-0.1, -0.05) is 25.4 Å². The van der Waals surface area contributed by atoms with E-state index in [0.717, 1.165) is 16.2 Å². The fraction of sp³-hybridized carbons (Fsp3) is 0.733. The van der Waals surface area contributed by atoms with Gasteiger partial charge in [0.25, 0.3) is 0 Å². The number of thiophene rings is 1. The van der Waals surface area contributed by atoms with Crippen LogP contribution in [0.25, 0.3) is 0 Å². The standard InChI is InChI=1S/C15H22ClNS/c1-9-3-4-11(7-10(9)2)17-13-5-6-14-12(13)8-15(16)18-14/h8-11,13,17H,3-7H2,1-2H3. The molecule has 2 aliphatic carbocycles. The van der Waals surface area contributed by atoms with Crippen molar-refractivity contribution in [3.8, 4) is 0 Å². The second-order valence-electron chi connectivity index (χ2n) is 6.15. The Balaban J connectivity index is 1.64. The van der Waals surface area contributed by atoms with E-state index in [4.69, 9.17) is 11.6 Å². The van der Waals surface area contributed by atoms with Crippen molar-refractivity contribution in [3.05, 3.63) is 20.8 Å². The first-order chi connectivity index (χ1) is 8.63. The van der Waals surface area contributed by atoms with Crippen molar-refractivity contribution >= 4 is 22.9 Å². The number of hydrogen-bond acceptors (Lipinski definition) is 2. The topological polar surface area (TPSA) is 12.0 Å². The Morgan fingerprint density at radius 3 is 2.83 bits per heavy atom. The molecule has 1 nitrogen and oxygen atoms in total. The Bertz CT molecular complexity index is 428. The molecule has 18 heavy (non-hydrogen) atoms. The van der Waals surface area contributed by atoms with E-state index in [1.807, 2.05) is 0 Å². The molecule has 0 amide bonds. The number of nitrogens with one attached hydrogen (secondary N) is 1. The fourth-order valence-electron chi connectivity index (χ4n) is 3.49. The third kappa shape index (κ3) is 2.48. The highest BCUT2D eigenvalue weighted by atomic mass is 35.5. The summed E-state index contributed by atoms with van der Waals surface area (Å²) in [5, 5.41) is 3.89. The zero-order chi connectivity index (χ0) is 12.7. The van der Waals surface area contributed by atoms with E-state index in [9.17, 15) is 0 Å². The largest absolute Gasteiger partial charge is 0.307 e. The predicted octanol–water partition coefficient (Wildman–Crippen LogP) is 4.80. The van der Waals surface area contributed by atoms with Crippen LogP contribution in [0.15, 0.2) is 6.07 Å². The van der Waals surface area contributed by atoms with Crippen molar-refractivity contribution in [1.82, 2.24) is 5.32 Å². The molecule has 0 radical (unpaired) electrons. The van der Waals surface area contributed by atoms with Crippen LogP contribution < -0.4 is 5.32 Å². The van der Waals surface area contributed by atoms with Gasteiger partial charge < -0.3 is 5.32 Å². The van der Waals surface area contributed by atoms with E-state index in [1.54, 1.807) is 11.3 Å². The smallest absolute Gasteiger partial charge is 0.0934 e. The van der Waals surface area contributed by atoms with Crippen LogP contribution in [0.5, 0.6) is 0 Å². The Kier molecular flexibility index (Phi) is 3.70. The van der Waals surface area contributed by atoms with Crippen LogP contribution in [0.4, 0.5) is 0 Å². The molecule has 1 heterocycles. The van der Waals surface area contributed by atoms with Gasteiger partial charge in [0.15, 0.2) is 0 Å². The van der Waals surface area contributed by atoms with E-state index >= 15 is 0 Å². The van der Waals surface area contributed by atoms with E-state index in [2.05, 4.69) is 25.2 Å². The first-order valence-corrected chi connectivity index (χ1v) is 8.37. The third-order valence-corrected chi connectivity index (χ3v) is 6.22. The number of aryl methyl sites for hydroxylation is 1. The first kappa shape index (κ1) is 13.0. The van der Waals surface area contributed by atoms with Crippen molar-refractivity contribution in [1.29, 1.82) is 0 Å². The predicted molar refractivity (Wildman–Crippen MR) is 79.5 cm³/mol. The lowest BCUT2D eigenvalue weighted by molar-refractivity contribution is 0.215. The maximum absolute atomic E-state index is 6.12. The minimum atomic E-state index is 0.564. The minimum Gasteiger partial charge on any atom is -0.307 e. The van der Waals surface area contributed by atoms with Gasteiger partial charge >= 0.3 is 0 Å². The van der Waals surface area contributed by atoms with Gasteiger partial charge in [-0.15, -0.1) is 11.3 Å². The maximum Gasteiger partial charge on any atom is 0.0934 e. The van der Waals surface area contributed by atoms with Crippen molar-refractivity contribution < 1.29 is 0 Å². The summed E-state index contributed by atoms with van der Waals surface area (Å²) in [5.74, 6) is 1.76. The van der Waals surface area contributed by atoms with Gasteiger partial charge in [0, 0.05) is 17.0 Å². The van der Waals surface area contributed by atoms with Crippen molar-refractivity contribution in [2.24, 2.45) is 11.8 Å². The lowest BCUT2D eigenvalue weighted by atomic mass is 9.79. The molecule has 1 fully saturated rings. The van der Waals surface area contributed by atoms with Crippen molar-refractivity contribution in [2.45, 2.75) is 58.0 Å². The lowest BCUT2D eigenvalue weighted by Gasteiger charge is -2.34. The molecule has 0 bridgehead atoms. The Morgan fingerprint density at radius 1 is 1.22 bits per heavy atom. The summed E-state index contributed by atoms with van der Waals surface area (Å²) in [7, 11) is 0. The van der Waals surface area contributed by atoms with Gasteiger partial charge in [-0.05, 0) is 55.6 Å². The van der Waals surface area contributed by atoms with E-state index in [-0.39, 0.29) is 0 Å². The fourth-order valence-corrected chi connectivity index (χ4v) is 4.84. The average Bonchev–Trinajstić information content (AvgIpc) is 2.85. The van der Waals surface area contributed by atoms with Crippen LogP contribution in [-0.4, -0.2) is 6.04 Å². The number of rotatable bonds is 2. The molecule has 1 aromatic heterocycles. The van der Waals surface area contributed by atoms with Crippen LogP contribution >= 0.6 is 22.9 Å². The lowest BCUT2D eigenvalue weighted by Crippen LogP contribution is -2.37. The van der Waals surface area contributed by atoms with E-state index < -0.39 is 0 Å². The van der Waals surface area contributed by atoms with Gasteiger partial charge in [-0.3, -0.25) is 0 Å². The number of fused-ring (bicyclic) bond motifs is 1.